The molecule has 3 rings (SSSR count). The largest absolute Gasteiger partial charge is 0.393 e. The Hall–Kier alpha value is -1.39. The molecule has 1 aromatic carbocycles. The Bertz CT molecular complexity index is 619. The van der Waals surface area contributed by atoms with Crippen molar-refractivity contribution in [3.05, 3.63) is 35.4 Å². The second kappa shape index (κ2) is 7.08. The molecular weight excluding hydrogens is 314 g/mol. The molecule has 4 nitrogen and oxygen atoms in total. The van der Waals surface area contributed by atoms with Crippen LogP contribution in [0.2, 0.25) is 0 Å². The molecule has 4 heteroatoms. The van der Waals surface area contributed by atoms with Crippen molar-refractivity contribution >= 4 is 5.91 Å². The van der Waals surface area contributed by atoms with Crippen molar-refractivity contribution in [3.8, 4) is 0 Å². The zero-order valence-corrected chi connectivity index (χ0v) is 15.8. The number of hydrogen-bond acceptors (Lipinski definition) is 3. The molecule has 1 atom stereocenters. The molecule has 1 aromatic rings. The maximum Gasteiger partial charge on any atom is 0.233 e. The van der Waals surface area contributed by atoms with E-state index in [1.807, 2.05) is 17.0 Å². The number of rotatable bonds is 2. The molecule has 0 aliphatic carbocycles. The van der Waals surface area contributed by atoms with Gasteiger partial charge in [0.05, 0.1) is 11.5 Å². The number of carbonyl (C=O) groups is 1. The minimum absolute atomic E-state index is 0.0658. The van der Waals surface area contributed by atoms with Gasteiger partial charge in [0.1, 0.15) is 0 Å². The van der Waals surface area contributed by atoms with Gasteiger partial charge in [-0.05, 0) is 49.1 Å². The van der Waals surface area contributed by atoms with E-state index in [0.717, 1.165) is 24.8 Å². The highest BCUT2D eigenvalue weighted by Gasteiger charge is 2.46. The zero-order chi connectivity index (χ0) is 18.1. The van der Waals surface area contributed by atoms with Crippen LogP contribution >= 0.6 is 0 Å². The quantitative estimate of drug-likeness (QED) is 0.896. The van der Waals surface area contributed by atoms with Crippen molar-refractivity contribution in [1.29, 1.82) is 0 Å². The topological polar surface area (TPSA) is 49.8 Å². The highest BCUT2D eigenvalue weighted by atomic mass is 16.5. The summed E-state index contributed by atoms with van der Waals surface area (Å²) in [5.74, 6) is 0.215. The first-order valence-electron chi connectivity index (χ1n) is 9.45. The molecule has 1 unspecified atom stereocenters. The first-order chi connectivity index (χ1) is 11.8. The van der Waals surface area contributed by atoms with Gasteiger partial charge in [0, 0.05) is 26.3 Å². The summed E-state index contributed by atoms with van der Waals surface area (Å²) in [5.41, 5.74) is 1.76. The summed E-state index contributed by atoms with van der Waals surface area (Å²) >= 11 is 0. The summed E-state index contributed by atoms with van der Waals surface area (Å²) < 4.78 is 5.60. The van der Waals surface area contributed by atoms with E-state index in [1.54, 1.807) is 0 Å². The molecule has 0 radical (unpaired) electrons. The van der Waals surface area contributed by atoms with Crippen molar-refractivity contribution in [2.75, 3.05) is 26.3 Å². The van der Waals surface area contributed by atoms with Gasteiger partial charge >= 0.3 is 0 Å². The molecule has 0 saturated carbocycles. The Labute approximate surface area is 151 Å². The fraction of sp³-hybridized carbons (Fsp3) is 0.667. The number of aliphatic hydroxyl groups excluding tert-OH is 1. The molecule has 1 amide bonds. The molecule has 2 saturated heterocycles. The fourth-order valence-electron chi connectivity index (χ4n) is 4.61. The van der Waals surface area contributed by atoms with Crippen LogP contribution < -0.4 is 0 Å². The van der Waals surface area contributed by atoms with E-state index in [-0.39, 0.29) is 17.4 Å². The van der Waals surface area contributed by atoms with Crippen molar-refractivity contribution in [3.63, 3.8) is 0 Å². The van der Waals surface area contributed by atoms with Gasteiger partial charge in [-0.2, -0.15) is 0 Å². The van der Waals surface area contributed by atoms with E-state index < -0.39 is 5.41 Å². The lowest BCUT2D eigenvalue weighted by atomic mass is 9.71. The standard InChI is InChI=1S/C21H31NO3/c1-16-6-4-5-7-18(16)21(9-12-25-13-10-21)19(24)22-11-8-17(23)14-20(2,3)15-22/h4-7,17,23H,8-15H2,1-3H3. The molecule has 138 valence electrons. The zero-order valence-electron chi connectivity index (χ0n) is 15.8. The summed E-state index contributed by atoms with van der Waals surface area (Å²) in [6.45, 7) is 8.98. The first kappa shape index (κ1) is 18.4. The molecule has 2 heterocycles. The highest BCUT2D eigenvalue weighted by Crippen LogP contribution is 2.40. The normalized spacial score (nSPS) is 26.1. The number of likely N-dealkylation sites (tertiary alicyclic amines) is 1. The lowest BCUT2D eigenvalue weighted by molar-refractivity contribution is -0.142. The van der Waals surface area contributed by atoms with Crippen LogP contribution in [0.4, 0.5) is 0 Å². The van der Waals surface area contributed by atoms with E-state index in [1.165, 1.54) is 5.56 Å². The van der Waals surface area contributed by atoms with Crippen LogP contribution in [0, 0.1) is 12.3 Å². The van der Waals surface area contributed by atoms with Crippen LogP contribution in [0.3, 0.4) is 0 Å². The molecular formula is C21H31NO3. The fourth-order valence-corrected chi connectivity index (χ4v) is 4.61. The Morgan fingerprint density at radius 3 is 2.60 bits per heavy atom. The Kier molecular flexibility index (Phi) is 5.21. The van der Waals surface area contributed by atoms with Gasteiger partial charge in [0.2, 0.25) is 5.91 Å². The van der Waals surface area contributed by atoms with Gasteiger partial charge in [-0.25, -0.2) is 0 Å². The number of aliphatic hydroxyl groups is 1. The Morgan fingerprint density at radius 2 is 1.92 bits per heavy atom. The third-order valence-electron chi connectivity index (χ3n) is 5.84. The maximum atomic E-state index is 13.8. The third kappa shape index (κ3) is 3.75. The monoisotopic (exact) mass is 345 g/mol. The first-order valence-corrected chi connectivity index (χ1v) is 9.45. The lowest BCUT2D eigenvalue weighted by Crippen LogP contribution is -2.52. The van der Waals surface area contributed by atoms with Crippen molar-refractivity contribution < 1.29 is 14.6 Å². The molecule has 0 bridgehead atoms. The summed E-state index contributed by atoms with van der Waals surface area (Å²) in [6, 6.07) is 8.26. The number of hydrogen-bond donors (Lipinski definition) is 1. The SMILES string of the molecule is Cc1ccccc1C1(C(=O)N2CCC(O)CC(C)(C)C2)CCOCC1. The minimum atomic E-state index is -0.491. The van der Waals surface area contributed by atoms with Gasteiger partial charge in [-0.3, -0.25) is 4.79 Å². The van der Waals surface area contributed by atoms with E-state index in [2.05, 4.69) is 32.9 Å². The average Bonchev–Trinajstić information content (AvgIpc) is 2.72. The number of ether oxygens (including phenoxy) is 1. The second-order valence-electron chi connectivity index (χ2n) is 8.55. The molecule has 0 aromatic heterocycles. The molecule has 2 aliphatic rings. The van der Waals surface area contributed by atoms with Gasteiger partial charge in [-0.1, -0.05) is 38.1 Å². The Morgan fingerprint density at radius 1 is 1.24 bits per heavy atom. The van der Waals surface area contributed by atoms with E-state index in [0.29, 0.717) is 32.7 Å². The minimum Gasteiger partial charge on any atom is -0.393 e. The summed E-state index contributed by atoms with van der Waals surface area (Å²) in [4.78, 5) is 15.8. The van der Waals surface area contributed by atoms with Crippen LogP contribution in [0.15, 0.2) is 24.3 Å². The van der Waals surface area contributed by atoms with Gasteiger partial charge in [0.25, 0.3) is 0 Å². The van der Waals surface area contributed by atoms with E-state index >= 15 is 0 Å². The third-order valence-corrected chi connectivity index (χ3v) is 5.84. The number of aryl methyl sites for hydroxylation is 1. The average molecular weight is 345 g/mol. The predicted molar refractivity (Wildman–Crippen MR) is 98.5 cm³/mol. The highest BCUT2D eigenvalue weighted by molar-refractivity contribution is 5.89. The van der Waals surface area contributed by atoms with Crippen molar-refractivity contribution in [2.24, 2.45) is 5.41 Å². The molecule has 2 aliphatic heterocycles. The predicted octanol–water partition coefficient (Wildman–Crippen LogP) is 3.05. The summed E-state index contributed by atoms with van der Waals surface area (Å²) in [7, 11) is 0. The van der Waals surface area contributed by atoms with Crippen molar-refractivity contribution in [1.82, 2.24) is 4.90 Å². The molecule has 2 fully saturated rings. The maximum absolute atomic E-state index is 13.8. The smallest absolute Gasteiger partial charge is 0.233 e. The van der Waals surface area contributed by atoms with Gasteiger partial charge in [0.15, 0.2) is 0 Å². The number of carbonyl (C=O) groups excluding carboxylic acids is 1. The number of nitrogens with zero attached hydrogens (tertiary/aromatic N) is 1. The molecule has 1 N–H and O–H groups in total. The van der Waals surface area contributed by atoms with Gasteiger partial charge in [-0.15, -0.1) is 0 Å². The van der Waals surface area contributed by atoms with E-state index in [4.69, 9.17) is 4.74 Å². The molecule has 0 spiro atoms. The van der Waals surface area contributed by atoms with Crippen LogP contribution in [0.1, 0.15) is 50.7 Å². The Balaban J connectivity index is 1.96. The van der Waals surface area contributed by atoms with Gasteiger partial charge < -0.3 is 14.7 Å². The number of amides is 1. The molecule has 25 heavy (non-hydrogen) atoms. The summed E-state index contributed by atoms with van der Waals surface area (Å²) in [5, 5.41) is 10.2. The lowest BCUT2D eigenvalue weighted by Gasteiger charge is -2.42. The van der Waals surface area contributed by atoms with Crippen LogP contribution in [0.5, 0.6) is 0 Å². The van der Waals surface area contributed by atoms with Crippen LogP contribution in [-0.2, 0) is 14.9 Å². The van der Waals surface area contributed by atoms with Crippen LogP contribution in [-0.4, -0.2) is 48.3 Å². The van der Waals surface area contributed by atoms with Crippen LogP contribution in [0.25, 0.3) is 0 Å². The van der Waals surface area contributed by atoms with E-state index in [9.17, 15) is 9.90 Å². The van der Waals surface area contributed by atoms with Crippen molar-refractivity contribution in [2.45, 2.75) is 58.0 Å². The summed E-state index contributed by atoms with van der Waals surface area (Å²) in [6.07, 6.45) is 2.55. The number of benzene rings is 1. The second-order valence-corrected chi connectivity index (χ2v) is 8.55.